The minimum absolute atomic E-state index is 0.00799. The Kier molecular flexibility index (Phi) is 22.0. The number of Topliss-reactive ketones (excluding diaryl/α,β-unsaturated/α-hetero) is 1. The number of benzene rings is 3. The molecule has 17 nitrogen and oxygen atoms in total. The first-order valence-corrected chi connectivity index (χ1v) is 36.2. The summed E-state index contributed by atoms with van der Waals surface area (Å²) in [5.74, 6) is -7.58. The second-order valence-electron chi connectivity index (χ2n) is 29.7. The fraction of sp³-hybridized carbons (Fsp3) is 0.534. The number of sulfone groups is 1. The van der Waals surface area contributed by atoms with Crippen LogP contribution in [0.25, 0.3) is 0 Å². The summed E-state index contributed by atoms with van der Waals surface area (Å²) in [6.45, 7) is 13.7. The highest BCUT2D eigenvalue weighted by Gasteiger charge is 2.62. The van der Waals surface area contributed by atoms with Gasteiger partial charge in [0.1, 0.15) is 11.4 Å². The molecular formula is C73H84ClF14N9O8S. The van der Waals surface area contributed by atoms with Crippen molar-refractivity contribution in [2.75, 3.05) is 80.1 Å². The summed E-state index contributed by atoms with van der Waals surface area (Å²) >= 11 is 6.37. The molecule has 3 aromatic carbocycles. The molecule has 0 saturated carbocycles. The van der Waals surface area contributed by atoms with Gasteiger partial charge in [-0.3, -0.25) is 33.9 Å². The molecule has 3 amide bonds. The molecule has 6 aromatic rings. The number of carbonyl (C=O) groups is 4. The minimum atomic E-state index is -5.70. The fourth-order valence-corrected chi connectivity index (χ4v) is 17.4. The topological polar surface area (TPSA) is 166 Å². The average Bonchev–Trinajstić information content (AvgIpc) is 1.53. The molecule has 33 heteroatoms. The highest BCUT2D eigenvalue weighted by Crippen LogP contribution is 2.51. The summed E-state index contributed by atoms with van der Waals surface area (Å²) in [5, 5.41) is 10.4. The van der Waals surface area contributed by atoms with Gasteiger partial charge in [0, 0.05) is 106 Å². The Hall–Kier alpha value is -7.52. The average molecular weight is 1550 g/mol. The van der Waals surface area contributed by atoms with E-state index in [0.29, 0.717) is 106 Å². The van der Waals surface area contributed by atoms with Crippen molar-refractivity contribution in [1.82, 2.24) is 43.1 Å². The van der Waals surface area contributed by atoms with Gasteiger partial charge in [0.05, 0.1) is 54.0 Å². The van der Waals surface area contributed by atoms with E-state index in [-0.39, 0.29) is 83.4 Å². The molecule has 1 atom stereocenters. The van der Waals surface area contributed by atoms with Crippen molar-refractivity contribution >= 4 is 44.9 Å². The summed E-state index contributed by atoms with van der Waals surface area (Å²) in [6, 6.07) is 22.3. The number of aliphatic hydroxyl groups is 1. The lowest BCUT2D eigenvalue weighted by Gasteiger charge is -2.53. The highest BCUT2D eigenvalue weighted by molar-refractivity contribution is 7.92. The zero-order valence-corrected chi connectivity index (χ0v) is 61.5. The molecule has 3 saturated heterocycles. The lowest BCUT2D eigenvalue weighted by atomic mass is 9.80. The predicted octanol–water partition coefficient (Wildman–Crippen LogP) is 14.2. The van der Waals surface area contributed by atoms with Gasteiger partial charge in [-0.15, -0.1) is 0 Å². The van der Waals surface area contributed by atoms with Crippen molar-refractivity contribution in [3.8, 4) is 5.75 Å². The SMILES string of the molecule is CN1CCn2c(ccc2C(F)(F)C(F)(F)F)C12CCN(C(=O)c1ccc(S(=O)(=O)C(C)(C)C)cc1)CC2.C[C@H]1Cn2c(C(=O)C(F)(F)F)ccc2C2(CCN(C(=O)c3ccc(OCC(F)(F)F)cc3)CC2)N1C.Cc1cc(C(=O)N2CCC3(CC2)c2c(Cl)cc(C(F)(F)F)n2CCN3C)ccc1C(C)(C)O. The third-order valence-electron chi connectivity index (χ3n) is 21.9. The lowest BCUT2D eigenvalue weighted by molar-refractivity contribution is -0.292. The van der Waals surface area contributed by atoms with Crippen LogP contribution in [0.15, 0.2) is 102 Å². The van der Waals surface area contributed by atoms with Gasteiger partial charge < -0.3 is 38.2 Å². The number of likely N-dealkylation sites (N-methyl/N-ethyl adjacent to an activating group) is 3. The predicted molar refractivity (Wildman–Crippen MR) is 364 cm³/mol. The molecule has 12 rings (SSSR count). The van der Waals surface area contributed by atoms with Gasteiger partial charge in [-0.25, -0.2) is 8.42 Å². The number of alkyl halides is 14. The van der Waals surface area contributed by atoms with Crippen molar-refractivity contribution in [2.45, 2.75) is 175 Å². The molecule has 1 N–H and O–H groups in total. The monoisotopic (exact) mass is 1550 g/mol. The van der Waals surface area contributed by atoms with Crippen LogP contribution in [0.3, 0.4) is 0 Å². The zero-order chi connectivity index (χ0) is 78.4. The summed E-state index contributed by atoms with van der Waals surface area (Å²) in [4.78, 5) is 62.5. The number of aromatic nitrogens is 3. The molecule has 0 aliphatic carbocycles. The van der Waals surface area contributed by atoms with Crippen LogP contribution in [-0.2, 0) is 63.8 Å². The Bertz CT molecular complexity index is 4380. The van der Waals surface area contributed by atoms with E-state index in [2.05, 4.69) is 14.5 Å². The smallest absolute Gasteiger partial charge is 0.459 e. The maximum atomic E-state index is 14.2. The van der Waals surface area contributed by atoms with E-state index in [1.807, 2.05) is 39.9 Å². The van der Waals surface area contributed by atoms with Gasteiger partial charge in [0.25, 0.3) is 23.5 Å². The van der Waals surface area contributed by atoms with Crippen molar-refractivity contribution < 1.29 is 98.9 Å². The Morgan fingerprint density at radius 2 is 1.00 bits per heavy atom. The van der Waals surface area contributed by atoms with Crippen molar-refractivity contribution in [1.29, 1.82) is 0 Å². The van der Waals surface area contributed by atoms with Crippen molar-refractivity contribution in [3.63, 3.8) is 0 Å². The van der Waals surface area contributed by atoms with Crippen LogP contribution in [0.5, 0.6) is 5.75 Å². The van der Waals surface area contributed by atoms with E-state index in [1.54, 1.807) is 73.6 Å². The van der Waals surface area contributed by atoms with Gasteiger partial charge in [-0.2, -0.15) is 61.5 Å². The lowest BCUT2D eigenvalue weighted by Crippen LogP contribution is -2.59. The third kappa shape index (κ3) is 15.3. The second-order valence-corrected chi connectivity index (χ2v) is 32.8. The molecule has 6 aliphatic rings. The quantitative estimate of drug-likeness (QED) is 0.108. The van der Waals surface area contributed by atoms with Crippen LogP contribution < -0.4 is 4.74 Å². The molecule has 9 heterocycles. The number of hydrogen-bond donors (Lipinski definition) is 1. The van der Waals surface area contributed by atoms with Crippen molar-refractivity contribution in [3.05, 3.63) is 164 Å². The summed E-state index contributed by atoms with van der Waals surface area (Å²) in [7, 11) is 2.04. The minimum Gasteiger partial charge on any atom is -0.484 e. The number of fused-ring (bicyclic) bond motifs is 6. The number of piperidine rings is 3. The standard InChI is InChI=1S/C25H30F5N3O3S.C24H29ClF3N3O2.C24H25F6N3O3/c1-22(2,3)37(35,36)18-7-5-17(6-8-18)21(34)32-13-11-23(12-14-32)19-9-10-20(24(26,27)25(28,29)30)33(19)16-15-31(23)4;1-15-13-16(5-6-17(15)22(2,3)33)21(32)30-9-7-23(8-10-30)20-18(25)14-19(24(26,27)28)31(20)12-11-29(23)4;1-15-13-33-18(20(34)24(28,29)30)7-8-19(33)22(31(15)2)9-11-32(12-10-22)21(35)16-3-5-17(6-4-16)36-14-23(25,26)27/h5-10H,11-16H2,1-4H3;5-6,13-14,33H,7-12H2,1-4H3;3-8,15H,9-14H2,1-2H3/t;;15-/m..0/s1. The van der Waals surface area contributed by atoms with Crippen LogP contribution in [0.4, 0.5) is 61.5 Å². The Labute approximate surface area is 609 Å². The molecule has 3 fully saturated rings. The molecule has 0 unspecified atom stereocenters. The third-order valence-corrected chi connectivity index (χ3v) is 24.7. The molecule has 580 valence electrons. The summed E-state index contributed by atoms with van der Waals surface area (Å²) < 4.78 is 218. The number of amides is 3. The van der Waals surface area contributed by atoms with E-state index in [0.717, 1.165) is 27.8 Å². The van der Waals surface area contributed by atoms with Crippen molar-refractivity contribution in [2.24, 2.45) is 0 Å². The van der Waals surface area contributed by atoms with Gasteiger partial charge >= 0.3 is 30.6 Å². The largest absolute Gasteiger partial charge is 0.484 e. The molecule has 3 spiro atoms. The van der Waals surface area contributed by atoms with Gasteiger partial charge in [0.15, 0.2) is 16.4 Å². The zero-order valence-electron chi connectivity index (χ0n) is 60.0. The second kappa shape index (κ2) is 28.8. The number of aryl methyl sites for hydroxylation is 1. The summed E-state index contributed by atoms with van der Waals surface area (Å²) in [5.41, 5.74) is -0.981. The van der Waals surface area contributed by atoms with E-state index in [4.69, 9.17) is 11.6 Å². The molecule has 106 heavy (non-hydrogen) atoms. The molecule has 6 aliphatic heterocycles. The maximum absolute atomic E-state index is 14.2. The number of carbonyl (C=O) groups excluding carboxylic acids is 4. The first-order chi connectivity index (χ1) is 48.9. The van der Waals surface area contributed by atoms with Gasteiger partial charge in [-0.05, 0) is 210 Å². The molecule has 0 radical (unpaired) electrons. The number of likely N-dealkylation sites (tertiary alicyclic amines) is 3. The van der Waals surface area contributed by atoms with Crippen LogP contribution in [0.1, 0.15) is 161 Å². The maximum Gasteiger partial charge on any atom is 0.459 e. The number of hydrogen-bond acceptors (Lipinski definition) is 11. The van der Waals surface area contributed by atoms with Crippen LogP contribution in [0, 0.1) is 6.92 Å². The number of rotatable bonds is 9. The first kappa shape index (κ1) is 81.0. The van der Waals surface area contributed by atoms with E-state index in [9.17, 15) is 94.2 Å². The number of halogens is 15. The normalized spacial score (nSPS) is 19.6. The van der Waals surface area contributed by atoms with Gasteiger partial charge in [0.2, 0.25) is 0 Å². The first-order valence-electron chi connectivity index (χ1n) is 34.4. The van der Waals surface area contributed by atoms with Crippen LogP contribution >= 0.6 is 11.6 Å². The Morgan fingerprint density at radius 3 is 1.47 bits per heavy atom. The Balaban J connectivity index is 0.000000170. The van der Waals surface area contributed by atoms with Gasteiger partial charge in [-0.1, -0.05) is 17.7 Å². The Morgan fingerprint density at radius 1 is 0.547 bits per heavy atom. The van der Waals surface area contributed by atoms with Crippen LogP contribution in [0.2, 0.25) is 5.02 Å². The van der Waals surface area contributed by atoms with E-state index >= 15 is 0 Å². The fourth-order valence-electron chi connectivity index (χ4n) is 15.8. The number of ether oxygens (including phenoxy) is 1. The number of ketones is 1. The highest BCUT2D eigenvalue weighted by atomic mass is 35.5. The summed E-state index contributed by atoms with van der Waals surface area (Å²) in [6.07, 6.45) is -17.0. The molecular weight excluding hydrogens is 1460 g/mol. The number of nitrogens with zero attached hydrogens (tertiary/aromatic N) is 9. The molecule has 0 bridgehead atoms. The van der Waals surface area contributed by atoms with Crippen LogP contribution in [-0.4, -0.2) is 190 Å². The van der Waals surface area contributed by atoms with E-state index in [1.165, 1.54) is 69.8 Å². The van der Waals surface area contributed by atoms with E-state index < -0.39 is 91.2 Å². The molecule has 3 aromatic heterocycles.